The topological polar surface area (TPSA) is 16.4 Å². The lowest BCUT2D eigenvalue weighted by atomic mass is 10.1. The zero-order chi connectivity index (χ0) is 14.7. The summed E-state index contributed by atoms with van der Waals surface area (Å²) in [5.41, 5.74) is 0. The minimum atomic E-state index is 0.397. The van der Waals surface area contributed by atoms with Gasteiger partial charge in [-0.25, -0.2) is 4.57 Å². The van der Waals surface area contributed by atoms with Crippen LogP contribution < -0.4 is 9.30 Å². The molecule has 0 spiro atoms. The van der Waals surface area contributed by atoms with Crippen LogP contribution in [-0.2, 0) is 7.05 Å². The largest absolute Gasteiger partial charge is 0.490 e. The van der Waals surface area contributed by atoms with E-state index < -0.39 is 0 Å². The Morgan fingerprint density at radius 2 is 1.53 bits per heavy atom. The van der Waals surface area contributed by atoms with Crippen molar-refractivity contribution in [2.45, 2.75) is 46.6 Å². The van der Waals surface area contributed by atoms with Gasteiger partial charge in [0.2, 0.25) is 0 Å². The summed E-state index contributed by atoms with van der Waals surface area (Å²) < 4.78 is 7.93. The van der Waals surface area contributed by atoms with Gasteiger partial charge in [0.25, 0.3) is 0 Å². The average Bonchev–Trinajstić information content (AvgIpc) is 2.48. The van der Waals surface area contributed by atoms with Crippen molar-refractivity contribution in [1.29, 1.82) is 0 Å². The number of aryl methyl sites for hydroxylation is 1. The van der Waals surface area contributed by atoms with Crippen LogP contribution in [0.4, 0.5) is 0 Å². The predicted molar refractivity (Wildman–Crippen MR) is 81.5 cm³/mol. The van der Waals surface area contributed by atoms with Crippen LogP contribution >= 0.6 is 0 Å². The van der Waals surface area contributed by atoms with E-state index >= 15 is 0 Å². The normalized spacial score (nSPS) is 15.7. The maximum atomic E-state index is 5.92. The molecule has 0 unspecified atom stereocenters. The van der Waals surface area contributed by atoms with Gasteiger partial charge in [0.1, 0.15) is 18.9 Å². The van der Waals surface area contributed by atoms with E-state index in [4.69, 9.17) is 4.74 Å². The van der Waals surface area contributed by atoms with Crippen LogP contribution in [0.5, 0.6) is 5.75 Å². The standard InChI is InChI=1S/C12H19N2O.2C2H6/c1-13-7-3-11(4-8-13)15-12-5-9-14(2)10-6-12;2*1-2/h3-4,7-8,12H,5-6,9-10H2,1-2H3;2*1-2H3/q+1;;. The zero-order valence-corrected chi connectivity index (χ0v) is 13.5. The second-order valence-corrected chi connectivity index (χ2v) is 4.32. The molecule has 0 N–H and O–H groups in total. The van der Waals surface area contributed by atoms with Gasteiger partial charge in [-0.15, -0.1) is 0 Å². The Kier molecular flexibility index (Phi) is 10.2. The van der Waals surface area contributed by atoms with Crippen molar-refractivity contribution in [1.82, 2.24) is 4.90 Å². The maximum absolute atomic E-state index is 5.92. The molecule has 1 aromatic rings. The first-order chi connectivity index (χ1) is 9.24. The van der Waals surface area contributed by atoms with E-state index in [0.29, 0.717) is 6.10 Å². The van der Waals surface area contributed by atoms with Crippen molar-refractivity contribution in [3.63, 3.8) is 0 Å². The number of ether oxygens (including phenoxy) is 1. The minimum Gasteiger partial charge on any atom is -0.490 e. The predicted octanol–water partition coefficient (Wildman–Crippen LogP) is 3.04. The molecular weight excluding hydrogens is 236 g/mol. The number of rotatable bonds is 2. The van der Waals surface area contributed by atoms with Gasteiger partial charge < -0.3 is 9.64 Å². The summed E-state index contributed by atoms with van der Waals surface area (Å²) in [6.45, 7) is 10.3. The molecule has 1 saturated heterocycles. The molecule has 2 rings (SSSR count). The van der Waals surface area contributed by atoms with Gasteiger partial charge in [-0.2, -0.15) is 0 Å². The highest BCUT2D eigenvalue weighted by Crippen LogP contribution is 2.16. The van der Waals surface area contributed by atoms with Crippen LogP contribution in [0, 0.1) is 0 Å². The molecular formula is C16H31N2O+. The van der Waals surface area contributed by atoms with Gasteiger partial charge in [-0.3, -0.25) is 0 Å². The SMILES string of the molecule is CC.CC.CN1CCC(Oc2cc[n+](C)cc2)CC1. The van der Waals surface area contributed by atoms with E-state index in [1.54, 1.807) is 0 Å². The van der Waals surface area contributed by atoms with E-state index in [0.717, 1.165) is 31.7 Å². The molecule has 1 aliphatic rings. The lowest BCUT2D eigenvalue weighted by Crippen LogP contribution is -2.35. The number of nitrogens with zero attached hydrogens (tertiary/aromatic N) is 2. The fourth-order valence-corrected chi connectivity index (χ4v) is 1.86. The molecule has 0 aliphatic carbocycles. The van der Waals surface area contributed by atoms with Gasteiger partial charge in [-0.05, 0) is 19.9 Å². The Morgan fingerprint density at radius 1 is 1.05 bits per heavy atom. The third kappa shape index (κ3) is 7.16. The first-order valence-electron chi connectivity index (χ1n) is 7.54. The molecule has 0 radical (unpaired) electrons. The van der Waals surface area contributed by atoms with Gasteiger partial charge in [0, 0.05) is 25.2 Å². The Labute approximate surface area is 119 Å². The summed E-state index contributed by atoms with van der Waals surface area (Å²) in [7, 11) is 4.18. The second kappa shape index (κ2) is 10.8. The molecule has 1 fully saturated rings. The van der Waals surface area contributed by atoms with E-state index in [1.807, 2.05) is 63.8 Å². The number of hydrogen-bond acceptors (Lipinski definition) is 2. The zero-order valence-electron chi connectivity index (χ0n) is 13.5. The number of hydrogen-bond donors (Lipinski definition) is 0. The van der Waals surface area contributed by atoms with Crippen molar-refractivity contribution >= 4 is 0 Å². The van der Waals surface area contributed by atoms with Gasteiger partial charge in [0.05, 0.1) is 0 Å². The quantitative estimate of drug-likeness (QED) is 0.766. The molecule has 3 nitrogen and oxygen atoms in total. The van der Waals surface area contributed by atoms with Crippen LogP contribution in [0.1, 0.15) is 40.5 Å². The molecule has 110 valence electrons. The lowest BCUT2D eigenvalue weighted by molar-refractivity contribution is -0.671. The van der Waals surface area contributed by atoms with E-state index in [2.05, 4.69) is 11.9 Å². The molecule has 0 amide bonds. The summed E-state index contributed by atoms with van der Waals surface area (Å²) >= 11 is 0. The number of likely N-dealkylation sites (tertiary alicyclic amines) is 1. The smallest absolute Gasteiger partial charge is 0.172 e. The van der Waals surface area contributed by atoms with Crippen molar-refractivity contribution in [2.75, 3.05) is 20.1 Å². The highest BCUT2D eigenvalue weighted by atomic mass is 16.5. The van der Waals surface area contributed by atoms with Crippen molar-refractivity contribution in [3.8, 4) is 5.75 Å². The summed E-state index contributed by atoms with van der Waals surface area (Å²) in [5.74, 6) is 0.989. The van der Waals surface area contributed by atoms with Crippen LogP contribution in [-0.4, -0.2) is 31.1 Å². The summed E-state index contributed by atoms with van der Waals surface area (Å²) in [6.07, 6.45) is 6.71. The Hall–Kier alpha value is -1.09. The Bertz CT molecular complexity index is 303. The molecule has 1 aromatic heterocycles. The molecule has 19 heavy (non-hydrogen) atoms. The Balaban J connectivity index is 0.000000741. The van der Waals surface area contributed by atoms with Gasteiger partial charge >= 0.3 is 0 Å². The van der Waals surface area contributed by atoms with Crippen molar-refractivity contribution < 1.29 is 9.30 Å². The highest BCUT2D eigenvalue weighted by Gasteiger charge is 2.17. The van der Waals surface area contributed by atoms with E-state index in [1.165, 1.54) is 0 Å². The molecule has 3 heteroatoms. The Morgan fingerprint density at radius 3 is 2.00 bits per heavy atom. The maximum Gasteiger partial charge on any atom is 0.172 e. The lowest BCUT2D eigenvalue weighted by Gasteiger charge is -2.29. The van der Waals surface area contributed by atoms with Gasteiger partial charge in [-0.1, -0.05) is 27.7 Å². The molecule has 0 saturated carbocycles. The monoisotopic (exact) mass is 267 g/mol. The third-order valence-electron chi connectivity index (χ3n) is 2.92. The van der Waals surface area contributed by atoms with E-state index in [9.17, 15) is 0 Å². The van der Waals surface area contributed by atoms with Gasteiger partial charge in [0.15, 0.2) is 12.4 Å². The minimum absolute atomic E-state index is 0.397. The third-order valence-corrected chi connectivity index (χ3v) is 2.92. The average molecular weight is 267 g/mol. The highest BCUT2D eigenvalue weighted by molar-refractivity contribution is 5.15. The van der Waals surface area contributed by atoms with Crippen LogP contribution in [0.25, 0.3) is 0 Å². The van der Waals surface area contributed by atoms with Crippen LogP contribution in [0.3, 0.4) is 0 Å². The number of aromatic nitrogens is 1. The first kappa shape index (κ1) is 17.9. The number of piperidine rings is 1. The molecule has 0 atom stereocenters. The fraction of sp³-hybridized carbons (Fsp3) is 0.688. The second-order valence-electron chi connectivity index (χ2n) is 4.32. The number of pyridine rings is 1. The molecule has 0 bridgehead atoms. The first-order valence-corrected chi connectivity index (χ1v) is 7.54. The summed E-state index contributed by atoms with van der Waals surface area (Å²) in [6, 6.07) is 4.05. The molecule has 1 aliphatic heterocycles. The van der Waals surface area contributed by atoms with Crippen LogP contribution in [0.15, 0.2) is 24.5 Å². The fourth-order valence-electron chi connectivity index (χ4n) is 1.86. The van der Waals surface area contributed by atoms with Crippen molar-refractivity contribution in [3.05, 3.63) is 24.5 Å². The van der Waals surface area contributed by atoms with Crippen molar-refractivity contribution in [2.24, 2.45) is 7.05 Å². The van der Waals surface area contributed by atoms with E-state index in [-0.39, 0.29) is 0 Å². The molecule has 2 heterocycles. The van der Waals surface area contributed by atoms with Crippen LogP contribution in [0.2, 0.25) is 0 Å². The summed E-state index contributed by atoms with van der Waals surface area (Å²) in [5, 5.41) is 0. The molecule has 0 aromatic carbocycles. The summed E-state index contributed by atoms with van der Waals surface area (Å²) in [4.78, 5) is 2.35.